The van der Waals surface area contributed by atoms with Crippen LogP contribution in [0.25, 0.3) is 11.0 Å². The van der Waals surface area contributed by atoms with E-state index in [1.54, 1.807) is 36.3 Å². The molecule has 156 valence electrons. The third kappa shape index (κ3) is 3.37. The molecule has 1 aromatic heterocycles. The molecule has 6 nitrogen and oxygen atoms in total. The summed E-state index contributed by atoms with van der Waals surface area (Å²) in [7, 11) is 1.60. The lowest BCUT2D eigenvalue weighted by atomic mass is 9.98. The van der Waals surface area contributed by atoms with Gasteiger partial charge in [-0.3, -0.25) is 9.59 Å². The van der Waals surface area contributed by atoms with Gasteiger partial charge in [-0.2, -0.15) is 0 Å². The molecule has 0 bridgehead atoms. The molecule has 0 unspecified atom stereocenters. The zero-order chi connectivity index (χ0) is 21.3. The Morgan fingerprint density at radius 1 is 1.07 bits per heavy atom. The van der Waals surface area contributed by atoms with Gasteiger partial charge in [-0.05, 0) is 42.9 Å². The minimum atomic E-state index is -0.501. The number of nitrogens with zero attached hydrogens (tertiary/aromatic N) is 2. The Morgan fingerprint density at radius 3 is 2.57 bits per heavy atom. The van der Waals surface area contributed by atoms with E-state index in [1.165, 1.54) is 0 Å². The van der Waals surface area contributed by atoms with Crippen LogP contribution in [0.3, 0.4) is 0 Å². The Bertz CT molecular complexity index is 1130. The molecule has 1 amide bonds. The number of carbonyl (C=O) groups excluding carboxylic acids is 1. The van der Waals surface area contributed by atoms with Crippen molar-refractivity contribution in [2.24, 2.45) is 0 Å². The smallest absolute Gasteiger partial charge is 0.290 e. The fourth-order valence-electron chi connectivity index (χ4n) is 4.14. The molecule has 4 rings (SSSR count). The Labute approximate surface area is 175 Å². The van der Waals surface area contributed by atoms with E-state index in [0.717, 1.165) is 25.2 Å². The number of carbonyl (C=O) groups is 1. The predicted octanol–water partition coefficient (Wildman–Crippen LogP) is 3.69. The Kier molecular flexibility index (Phi) is 5.59. The summed E-state index contributed by atoms with van der Waals surface area (Å²) in [5.74, 6) is 0.584. The molecular formula is C24H26N2O4. The summed E-state index contributed by atoms with van der Waals surface area (Å²) in [6.07, 6.45) is 0. The number of hydrogen-bond donors (Lipinski definition) is 0. The van der Waals surface area contributed by atoms with Gasteiger partial charge in [0.25, 0.3) is 5.91 Å². The maximum absolute atomic E-state index is 13.4. The van der Waals surface area contributed by atoms with Crippen LogP contribution in [-0.4, -0.2) is 49.0 Å². The number of methoxy groups -OCH3 is 1. The molecule has 0 saturated carbocycles. The van der Waals surface area contributed by atoms with Gasteiger partial charge in [-0.25, -0.2) is 0 Å². The van der Waals surface area contributed by atoms with Gasteiger partial charge in [-0.1, -0.05) is 38.1 Å². The van der Waals surface area contributed by atoms with Gasteiger partial charge in [0.15, 0.2) is 5.43 Å². The average Bonchev–Trinajstić information content (AvgIpc) is 3.06. The van der Waals surface area contributed by atoms with Crippen LogP contribution in [-0.2, 0) is 0 Å². The summed E-state index contributed by atoms with van der Waals surface area (Å²) in [5.41, 5.74) is 1.53. The van der Waals surface area contributed by atoms with Crippen LogP contribution >= 0.6 is 0 Å². The highest BCUT2D eigenvalue weighted by Crippen LogP contribution is 2.38. The van der Waals surface area contributed by atoms with Crippen LogP contribution in [0.4, 0.5) is 0 Å². The summed E-state index contributed by atoms with van der Waals surface area (Å²) >= 11 is 0. The fraction of sp³-hybridized carbons (Fsp3) is 0.333. The number of fused-ring (bicyclic) bond motifs is 2. The second-order valence-corrected chi connectivity index (χ2v) is 7.37. The van der Waals surface area contributed by atoms with Crippen molar-refractivity contribution in [1.29, 1.82) is 0 Å². The highest BCUT2D eigenvalue weighted by atomic mass is 16.5. The van der Waals surface area contributed by atoms with Gasteiger partial charge >= 0.3 is 0 Å². The van der Waals surface area contributed by atoms with Crippen molar-refractivity contribution in [2.45, 2.75) is 19.9 Å². The van der Waals surface area contributed by atoms with Crippen molar-refractivity contribution in [3.8, 4) is 5.75 Å². The number of likely N-dealkylation sites (N-methyl/N-ethyl adjacent to an activating group) is 1. The molecule has 1 aliphatic heterocycles. The van der Waals surface area contributed by atoms with Gasteiger partial charge in [-0.15, -0.1) is 0 Å². The van der Waals surface area contributed by atoms with Crippen molar-refractivity contribution in [3.63, 3.8) is 0 Å². The summed E-state index contributed by atoms with van der Waals surface area (Å²) < 4.78 is 11.3. The van der Waals surface area contributed by atoms with Crippen LogP contribution in [0.15, 0.2) is 57.7 Å². The Balaban J connectivity index is 1.87. The van der Waals surface area contributed by atoms with E-state index in [4.69, 9.17) is 9.15 Å². The summed E-state index contributed by atoms with van der Waals surface area (Å²) in [6, 6.07) is 14.1. The van der Waals surface area contributed by atoms with E-state index in [-0.39, 0.29) is 17.1 Å². The first kappa shape index (κ1) is 20.2. The standard InChI is InChI=1S/C24H26N2O4/c1-4-25(5-2)13-14-26-21(16-9-8-10-17(15-16)29-3)20-22(27)18-11-6-7-12-19(18)30-23(20)24(26)28/h6-12,15,21H,4-5,13-14H2,1-3H3/t21-/m1/s1. The largest absolute Gasteiger partial charge is 0.497 e. The molecule has 0 N–H and O–H groups in total. The fourth-order valence-corrected chi connectivity index (χ4v) is 4.14. The van der Waals surface area contributed by atoms with E-state index in [1.807, 2.05) is 24.3 Å². The predicted molar refractivity (Wildman–Crippen MR) is 116 cm³/mol. The maximum Gasteiger partial charge on any atom is 0.290 e. The summed E-state index contributed by atoms with van der Waals surface area (Å²) in [4.78, 5) is 30.8. The lowest BCUT2D eigenvalue weighted by Crippen LogP contribution is -2.37. The summed E-state index contributed by atoms with van der Waals surface area (Å²) in [6.45, 7) is 7.22. The quantitative estimate of drug-likeness (QED) is 0.599. The first-order valence-electron chi connectivity index (χ1n) is 10.3. The topological polar surface area (TPSA) is 63.0 Å². The maximum atomic E-state index is 13.4. The number of amides is 1. The molecule has 0 spiro atoms. The molecule has 0 aliphatic carbocycles. The molecule has 0 fully saturated rings. The van der Waals surface area contributed by atoms with Gasteiger partial charge in [0.1, 0.15) is 11.3 Å². The highest BCUT2D eigenvalue weighted by molar-refractivity contribution is 5.99. The summed E-state index contributed by atoms with van der Waals surface area (Å²) in [5, 5.41) is 0.488. The van der Waals surface area contributed by atoms with Crippen LogP contribution in [0.5, 0.6) is 5.75 Å². The van der Waals surface area contributed by atoms with Crippen molar-refractivity contribution in [1.82, 2.24) is 9.80 Å². The number of rotatable bonds is 7. The first-order valence-corrected chi connectivity index (χ1v) is 10.3. The normalized spacial score (nSPS) is 15.8. The number of para-hydroxylation sites is 1. The molecule has 30 heavy (non-hydrogen) atoms. The molecule has 2 heterocycles. The van der Waals surface area contributed by atoms with Gasteiger partial charge in [0, 0.05) is 13.1 Å². The highest BCUT2D eigenvalue weighted by Gasteiger charge is 2.42. The van der Waals surface area contributed by atoms with E-state index in [9.17, 15) is 9.59 Å². The second-order valence-electron chi connectivity index (χ2n) is 7.37. The molecule has 6 heteroatoms. The van der Waals surface area contributed by atoms with Crippen molar-refractivity contribution in [3.05, 3.63) is 75.6 Å². The van der Waals surface area contributed by atoms with Crippen molar-refractivity contribution >= 4 is 16.9 Å². The zero-order valence-electron chi connectivity index (χ0n) is 17.6. The van der Waals surface area contributed by atoms with Crippen LogP contribution in [0.1, 0.15) is 41.6 Å². The molecule has 1 aliphatic rings. The van der Waals surface area contributed by atoms with Crippen molar-refractivity contribution < 1.29 is 13.9 Å². The molecule has 0 radical (unpaired) electrons. The second kappa shape index (κ2) is 8.32. The zero-order valence-corrected chi connectivity index (χ0v) is 17.6. The van der Waals surface area contributed by atoms with Crippen LogP contribution in [0, 0.1) is 0 Å². The first-order chi connectivity index (χ1) is 14.6. The lowest BCUT2D eigenvalue weighted by molar-refractivity contribution is 0.0708. The van der Waals surface area contributed by atoms with E-state index in [2.05, 4.69) is 18.7 Å². The third-order valence-corrected chi connectivity index (χ3v) is 5.83. The Morgan fingerprint density at radius 2 is 1.83 bits per heavy atom. The van der Waals surface area contributed by atoms with E-state index in [0.29, 0.717) is 28.8 Å². The van der Waals surface area contributed by atoms with E-state index >= 15 is 0 Å². The third-order valence-electron chi connectivity index (χ3n) is 5.83. The number of benzene rings is 2. The van der Waals surface area contributed by atoms with E-state index < -0.39 is 6.04 Å². The van der Waals surface area contributed by atoms with Gasteiger partial charge in [0.2, 0.25) is 5.76 Å². The Hall–Kier alpha value is -3.12. The monoisotopic (exact) mass is 406 g/mol. The minimum Gasteiger partial charge on any atom is -0.497 e. The van der Waals surface area contributed by atoms with Crippen molar-refractivity contribution in [2.75, 3.05) is 33.3 Å². The molecule has 0 saturated heterocycles. The average molecular weight is 406 g/mol. The van der Waals surface area contributed by atoms with Crippen LogP contribution < -0.4 is 10.2 Å². The SMILES string of the molecule is CCN(CC)CCN1C(=O)c2oc3ccccc3c(=O)c2[C@H]1c1cccc(OC)c1. The number of hydrogen-bond acceptors (Lipinski definition) is 5. The molecule has 2 aromatic carbocycles. The molecule has 3 aromatic rings. The van der Waals surface area contributed by atoms with Gasteiger partial charge < -0.3 is 19.0 Å². The molecule has 1 atom stereocenters. The number of ether oxygens (including phenoxy) is 1. The lowest BCUT2D eigenvalue weighted by Gasteiger charge is -2.28. The minimum absolute atomic E-state index is 0.145. The van der Waals surface area contributed by atoms with Gasteiger partial charge in [0.05, 0.1) is 24.1 Å². The van der Waals surface area contributed by atoms with Crippen LogP contribution in [0.2, 0.25) is 0 Å². The molecular weight excluding hydrogens is 380 g/mol.